The van der Waals surface area contributed by atoms with Gasteiger partial charge in [-0.25, -0.2) is 9.97 Å². The summed E-state index contributed by atoms with van der Waals surface area (Å²) >= 11 is 0. The third-order valence-electron chi connectivity index (χ3n) is 13.3. The van der Waals surface area contributed by atoms with Crippen LogP contribution in [0.15, 0.2) is 122 Å². The maximum atomic E-state index is 14.3. The van der Waals surface area contributed by atoms with E-state index < -0.39 is 0 Å². The van der Waals surface area contributed by atoms with Crippen molar-refractivity contribution in [2.45, 2.75) is 75.5 Å². The second-order valence-electron chi connectivity index (χ2n) is 17.0. The minimum atomic E-state index is -0.250. The summed E-state index contributed by atoms with van der Waals surface area (Å²) in [5, 5.41) is 0. The van der Waals surface area contributed by atoms with Gasteiger partial charge in [-0.1, -0.05) is 109 Å². The zero-order valence-corrected chi connectivity index (χ0v) is 34.3. The zero-order valence-electron chi connectivity index (χ0n) is 34.3. The Morgan fingerprint density at radius 1 is 0.467 bits per heavy atom. The van der Waals surface area contributed by atoms with E-state index >= 15 is 0 Å². The highest BCUT2D eigenvalue weighted by Crippen LogP contribution is 2.39. The summed E-state index contributed by atoms with van der Waals surface area (Å²) in [5.41, 5.74) is 8.43. The Morgan fingerprint density at radius 3 is 1.22 bits per heavy atom. The number of aromatic amines is 2. The van der Waals surface area contributed by atoms with Gasteiger partial charge in [0.2, 0.25) is 11.8 Å². The van der Waals surface area contributed by atoms with E-state index in [1.807, 2.05) is 48.8 Å². The number of carbonyl (C=O) groups is 2. The van der Waals surface area contributed by atoms with Crippen molar-refractivity contribution >= 4 is 11.8 Å². The molecule has 2 amide bonds. The van der Waals surface area contributed by atoms with Gasteiger partial charge in [0.15, 0.2) is 0 Å². The number of rotatable bonds is 11. The topological polar surface area (TPSA) is 104 Å². The molecular weight excluding hydrogens is 745 g/mol. The van der Waals surface area contributed by atoms with Gasteiger partial charge in [-0.2, -0.15) is 0 Å². The highest BCUT2D eigenvalue weighted by atomic mass is 16.2. The molecule has 306 valence electrons. The number of carbonyl (C=O) groups excluding carboxylic acids is 2. The van der Waals surface area contributed by atoms with Crippen LogP contribution in [0.2, 0.25) is 0 Å². The monoisotopic (exact) mass is 798 g/mol. The Balaban J connectivity index is 0.805. The number of nitrogens with zero attached hydrogens (tertiary/aromatic N) is 6. The van der Waals surface area contributed by atoms with Crippen LogP contribution in [-0.4, -0.2) is 90.6 Å². The van der Waals surface area contributed by atoms with Gasteiger partial charge in [-0.3, -0.25) is 19.4 Å². The van der Waals surface area contributed by atoms with Gasteiger partial charge < -0.3 is 19.8 Å². The van der Waals surface area contributed by atoms with Crippen molar-refractivity contribution in [3.05, 3.63) is 144 Å². The van der Waals surface area contributed by atoms with Crippen molar-refractivity contribution in [1.82, 2.24) is 39.5 Å². The van der Waals surface area contributed by atoms with E-state index in [0.29, 0.717) is 0 Å². The fourth-order valence-corrected chi connectivity index (χ4v) is 10.2. The first-order chi connectivity index (χ1) is 29.6. The molecule has 10 rings (SSSR count). The SMILES string of the molecule is O=C([C@@H](c1ccccc1)N1CCCC1)N1CCC[C@H]1c1ncc(-c2ccc(-c3ccc(-c4cnc([C@@H]5CCCN5C(=O)[C@@H](c5ccccc5)N5CCCC5)[nH]4)cc3)cc2)[nH]1. The van der Waals surface area contributed by atoms with E-state index in [1.165, 1.54) is 0 Å². The third kappa shape index (κ3) is 7.58. The maximum Gasteiger partial charge on any atom is 0.245 e. The van der Waals surface area contributed by atoms with Crippen LogP contribution in [0.5, 0.6) is 0 Å². The quantitative estimate of drug-likeness (QED) is 0.136. The predicted octanol–water partition coefficient (Wildman–Crippen LogP) is 9.14. The number of H-pyrrole nitrogens is 2. The molecule has 0 unspecified atom stereocenters. The normalized spacial score (nSPS) is 20.9. The summed E-state index contributed by atoms with van der Waals surface area (Å²) in [4.78, 5) is 54.3. The first-order valence-electron chi connectivity index (χ1n) is 22.1. The Labute approximate surface area is 352 Å². The van der Waals surface area contributed by atoms with E-state index in [4.69, 9.17) is 9.97 Å². The van der Waals surface area contributed by atoms with E-state index in [-0.39, 0.29) is 36.0 Å². The highest BCUT2D eigenvalue weighted by molar-refractivity contribution is 5.85. The largest absolute Gasteiger partial charge is 0.340 e. The molecule has 0 radical (unpaired) electrons. The summed E-state index contributed by atoms with van der Waals surface area (Å²) in [7, 11) is 0. The number of nitrogens with one attached hydrogen (secondary N) is 2. The molecule has 2 N–H and O–H groups in total. The predicted molar refractivity (Wildman–Crippen MR) is 234 cm³/mol. The molecule has 10 heteroatoms. The van der Waals surface area contributed by atoms with Crippen LogP contribution in [0, 0.1) is 0 Å². The van der Waals surface area contributed by atoms with Crippen LogP contribution < -0.4 is 0 Å². The van der Waals surface area contributed by atoms with Crippen LogP contribution in [0.3, 0.4) is 0 Å². The van der Waals surface area contributed by atoms with Crippen molar-refractivity contribution in [2.75, 3.05) is 39.3 Å². The molecule has 4 saturated heterocycles. The molecular formula is C50H54N8O2. The van der Waals surface area contributed by atoms with Crippen molar-refractivity contribution in [3.63, 3.8) is 0 Å². The van der Waals surface area contributed by atoms with Crippen molar-refractivity contribution in [3.8, 4) is 33.6 Å². The Bertz CT molecular complexity index is 2210. The molecule has 4 aromatic carbocycles. The van der Waals surface area contributed by atoms with Gasteiger partial charge in [0, 0.05) is 13.1 Å². The second kappa shape index (κ2) is 17.0. The van der Waals surface area contributed by atoms with E-state index in [0.717, 1.165) is 147 Å². The molecule has 2 aromatic heterocycles. The van der Waals surface area contributed by atoms with Gasteiger partial charge in [0.05, 0.1) is 35.9 Å². The van der Waals surface area contributed by atoms with Crippen LogP contribution in [0.1, 0.15) is 98.3 Å². The smallest absolute Gasteiger partial charge is 0.245 e. The standard InChI is InChI=1S/C50H54N8O2/c59-49(45(55-27-7-8-28-55)39-13-3-1-4-14-39)57-31-11-17-43(57)47-51-33-41(53-47)37-23-19-35(20-24-37)36-21-25-38(26-22-36)42-34-52-48(54-42)44-18-12-32-58(44)50(60)46(56-29-9-10-30-56)40-15-5-2-6-16-40/h1-6,13-16,19-26,33-34,43-46H,7-12,17-18,27-32H2,(H,51,53)(H,52,54)/t43-,44-,45+,46+/m0/s1. The van der Waals surface area contributed by atoms with Gasteiger partial charge in [-0.15, -0.1) is 0 Å². The maximum absolute atomic E-state index is 14.3. The lowest BCUT2D eigenvalue weighted by atomic mass is 10.0. The van der Waals surface area contributed by atoms with Gasteiger partial charge in [0.25, 0.3) is 0 Å². The molecule has 4 atom stereocenters. The van der Waals surface area contributed by atoms with E-state index in [2.05, 4.69) is 102 Å². The number of imidazole rings is 2. The number of likely N-dealkylation sites (tertiary alicyclic amines) is 4. The van der Waals surface area contributed by atoms with E-state index in [1.54, 1.807) is 0 Å². The summed E-state index contributed by atoms with van der Waals surface area (Å²) in [6.07, 6.45) is 12.1. The molecule has 6 heterocycles. The van der Waals surface area contributed by atoms with Gasteiger partial charge >= 0.3 is 0 Å². The summed E-state index contributed by atoms with van der Waals surface area (Å²) in [5.74, 6) is 2.08. The average Bonchev–Trinajstić information content (AvgIpc) is 4.16. The third-order valence-corrected chi connectivity index (χ3v) is 13.3. The molecule has 6 aromatic rings. The minimum absolute atomic E-state index is 0.0600. The molecule has 10 nitrogen and oxygen atoms in total. The highest BCUT2D eigenvalue weighted by Gasteiger charge is 2.41. The van der Waals surface area contributed by atoms with E-state index in [9.17, 15) is 9.59 Å². The fraction of sp³-hybridized carbons (Fsp3) is 0.360. The Kier molecular flexibility index (Phi) is 10.9. The second-order valence-corrected chi connectivity index (χ2v) is 17.0. The van der Waals surface area contributed by atoms with Gasteiger partial charge in [-0.05, 0) is 111 Å². The Morgan fingerprint density at radius 2 is 0.833 bits per heavy atom. The molecule has 60 heavy (non-hydrogen) atoms. The Hall–Kier alpha value is -5.84. The first kappa shape index (κ1) is 38.4. The van der Waals surface area contributed by atoms with Crippen LogP contribution in [0.4, 0.5) is 0 Å². The first-order valence-corrected chi connectivity index (χ1v) is 22.1. The molecule has 0 bridgehead atoms. The van der Waals surface area contributed by atoms with Crippen molar-refractivity contribution in [2.24, 2.45) is 0 Å². The van der Waals surface area contributed by atoms with Gasteiger partial charge in [0.1, 0.15) is 23.7 Å². The van der Waals surface area contributed by atoms with Crippen molar-refractivity contribution in [1.29, 1.82) is 0 Å². The number of aromatic nitrogens is 4. The lowest BCUT2D eigenvalue weighted by Crippen LogP contribution is -2.42. The number of amides is 2. The fourth-order valence-electron chi connectivity index (χ4n) is 10.2. The van der Waals surface area contributed by atoms with Crippen LogP contribution in [0.25, 0.3) is 33.6 Å². The zero-order chi connectivity index (χ0) is 40.4. The number of hydrogen-bond acceptors (Lipinski definition) is 6. The van der Waals surface area contributed by atoms with Crippen LogP contribution in [-0.2, 0) is 9.59 Å². The van der Waals surface area contributed by atoms with Crippen LogP contribution >= 0.6 is 0 Å². The molecule has 0 aliphatic carbocycles. The lowest BCUT2D eigenvalue weighted by molar-refractivity contribution is -0.138. The lowest BCUT2D eigenvalue weighted by Gasteiger charge is -2.33. The summed E-state index contributed by atoms with van der Waals surface area (Å²) < 4.78 is 0. The minimum Gasteiger partial charge on any atom is -0.340 e. The van der Waals surface area contributed by atoms with Crippen molar-refractivity contribution < 1.29 is 9.59 Å². The summed E-state index contributed by atoms with van der Waals surface area (Å²) in [6, 6.07) is 37.1. The molecule has 4 fully saturated rings. The molecule has 4 aliphatic heterocycles. The molecule has 0 saturated carbocycles. The number of hydrogen-bond donors (Lipinski definition) is 2. The summed E-state index contributed by atoms with van der Waals surface area (Å²) in [6.45, 7) is 5.33. The average molecular weight is 799 g/mol. The molecule has 0 spiro atoms. The number of benzene rings is 4. The molecule has 4 aliphatic rings.